The average molecular weight is 482 g/mol. The number of amides is 2. The van der Waals surface area contributed by atoms with Gasteiger partial charge in [-0.1, -0.05) is 47.5 Å². The maximum atomic E-state index is 13.1. The van der Waals surface area contributed by atoms with Crippen molar-refractivity contribution in [1.29, 1.82) is 0 Å². The smallest absolute Gasteiger partial charge is 0.340 e. The number of hydrazine groups is 1. The van der Waals surface area contributed by atoms with E-state index in [0.29, 0.717) is 33.8 Å². The van der Waals surface area contributed by atoms with Crippen LogP contribution in [0.2, 0.25) is 10.0 Å². The number of fused-ring (bicyclic) bond motifs is 1. The third kappa shape index (κ3) is 4.45. The Hall–Kier alpha value is -3.35. The molecule has 3 aromatic carbocycles. The number of hydrogen-bond donors (Lipinski definition) is 2. The number of nitrogens with one attached hydrogen (secondary N) is 2. The second-order valence-corrected chi connectivity index (χ2v) is 9.13. The summed E-state index contributed by atoms with van der Waals surface area (Å²) in [5.41, 5.74) is 7.54. The lowest BCUT2D eigenvalue weighted by molar-refractivity contribution is -0.0431. The van der Waals surface area contributed by atoms with E-state index in [9.17, 15) is 4.79 Å². The van der Waals surface area contributed by atoms with Gasteiger partial charge in [0.25, 0.3) is 0 Å². The number of ether oxygens (including phenoxy) is 2. The summed E-state index contributed by atoms with van der Waals surface area (Å²) in [4.78, 5) is 13.1. The lowest BCUT2D eigenvalue weighted by atomic mass is 10.0. The van der Waals surface area contributed by atoms with Gasteiger partial charge in [0.1, 0.15) is 0 Å². The van der Waals surface area contributed by atoms with Crippen molar-refractivity contribution in [2.75, 3.05) is 11.9 Å². The van der Waals surface area contributed by atoms with Crippen molar-refractivity contribution in [3.8, 4) is 11.5 Å². The first-order valence-electron chi connectivity index (χ1n) is 10.4. The molecule has 0 aliphatic carbocycles. The summed E-state index contributed by atoms with van der Waals surface area (Å²) in [7, 11) is 0. The van der Waals surface area contributed by atoms with Gasteiger partial charge in [0.05, 0.1) is 12.2 Å². The molecule has 0 aromatic heterocycles. The molecule has 2 amide bonds. The van der Waals surface area contributed by atoms with Gasteiger partial charge >= 0.3 is 6.03 Å². The molecule has 0 unspecified atom stereocenters. The van der Waals surface area contributed by atoms with Gasteiger partial charge in [-0.05, 0) is 47.5 Å². The molecule has 0 bridgehead atoms. The van der Waals surface area contributed by atoms with E-state index in [4.69, 9.17) is 32.7 Å². The Morgan fingerprint density at radius 2 is 1.52 bits per heavy atom. The van der Waals surface area contributed by atoms with Gasteiger partial charge < -0.3 is 14.8 Å². The molecule has 2 heterocycles. The summed E-state index contributed by atoms with van der Waals surface area (Å²) < 4.78 is 11.5. The Labute approximate surface area is 201 Å². The number of halogens is 2. The highest BCUT2D eigenvalue weighted by molar-refractivity contribution is 6.31. The number of benzene rings is 3. The largest absolute Gasteiger partial charge is 0.449 e. The van der Waals surface area contributed by atoms with Crippen molar-refractivity contribution < 1.29 is 14.3 Å². The first-order chi connectivity index (χ1) is 15.8. The van der Waals surface area contributed by atoms with Gasteiger partial charge in [-0.15, -0.1) is 0 Å². The van der Waals surface area contributed by atoms with E-state index in [1.165, 1.54) is 5.01 Å². The second-order valence-electron chi connectivity index (χ2n) is 8.26. The van der Waals surface area contributed by atoms with Crippen LogP contribution in [0.1, 0.15) is 25.0 Å². The molecular weight excluding hydrogens is 461 g/mol. The van der Waals surface area contributed by atoms with Crippen molar-refractivity contribution in [2.45, 2.75) is 19.6 Å². The molecule has 0 spiro atoms. The quantitative estimate of drug-likeness (QED) is 0.452. The van der Waals surface area contributed by atoms with Crippen LogP contribution in [0.15, 0.2) is 66.7 Å². The molecule has 6 nitrogen and oxygen atoms in total. The number of anilines is 1. The molecule has 0 fully saturated rings. The van der Waals surface area contributed by atoms with Crippen LogP contribution >= 0.6 is 23.2 Å². The number of nitrogens with zero attached hydrogens (tertiary/aromatic N) is 1. The van der Waals surface area contributed by atoms with Crippen molar-refractivity contribution in [2.24, 2.45) is 0 Å². The topological polar surface area (TPSA) is 62.8 Å². The molecule has 5 rings (SSSR count). The summed E-state index contributed by atoms with van der Waals surface area (Å²) >= 11 is 12.1. The maximum Gasteiger partial charge on any atom is 0.340 e. The van der Waals surface area contributed by atoms with Crippen molar-refractivity contribution in [3.05, 3.63) is 87.9 Å². The zero-order chi connectivity index (χ0) is 23.2. The van der Waals surface area contributed by atoms with Crippen LogP contribution in [0, 0.1) is 0 Å². The molecule has 0 atom stereocenters. The number of hydrogen-bond acceptors (Lipinski definition) is 4. The molecule has 2 aliphatic heterocycles. The van der Waals surface area contributed by atoms with Crippen molar-refractivity contribution in [1.82, 2.24) is 10.4 Å². The van der Waals surface area contributed by atoms with Gasteiger partial charge in [-0.3, -0.25) is 5.43 Å². The fourth-order valence-electron chi connectivity index (χ4n) is 3.84. The van der Waals surface area contributed by atoms with Gasteiger partial charge in [0.15, 0.2) is 11.5 Å². The van der Waals surface area contributed by atoms with E-state index >= 15 is 0 Å². The summed E-state index contributed by atoms with van der Waals surface area (Å²) in [5, 5.41) is 5.75. The van der Waals surface area contributed by atoms with Gasteiger partial charge in [-0.2, -0.15) is 0 Å². The van der Waals surface area contributed by atoms with E-state index in [0.717, 1.165) is 22.4 Å². The fourth-order valence-corrected chi connectivity index (χ4v) is 4.09. The van der Waals surface area contributed by atoms with Gasteiger partial charge in [0, 0.05) is 41.2 Å². The molecule has 33 heavy (non-hydrogen) atoms. The number of carbonyl (C=O) groups excluding carboxylic acids is 1. The zero-order valence-electron chi connectivity index (χ0n) is 18.0. The monoisotopic (exact) mass is 481 g/mol. The molecule has 0 saturated carbocycles. The third-order valence-corrected chi connectivity index (χ3v) is 5.85. The molecule has 3 aromatic rings. The predicted molar refractivity (Wildman–Crippen MR) is 130 cm³/mol. The lowest BCUT2D eigenvalue weighted by Gasteiger charge is -2.19. The Morgan fingerprint density at radius 1 is 0.909 bits per heavy atom. The van der Waals surface area contributed by atoms with Crippen molar-refractivity contribution >= 4 is 46.2 Å². The van der Waals surface area contributed by atoms with Crippen molar-refractivity contribution in [3.63, 3.8) is 0 Å². The van der Waals surface area contributed by atoms with Crippen LogP contribution in [-0.2, 0) is 0 Å². The standard InChI is InChI=1S/C25H21Cl2N3O3/c1-25(2)32-21-12-11-19(13-22(21)33-25)28-24(31)30-14-20(15-3-7-17(26)8-4-15)23(29-30)16-5-9-18(27)10-6-16/h3-13,29H,14H2,1-2H3,(H,28,31). The van der Waals surface area contributed by atoms with Crippen LogP contribution in [0.25, 0.3) is 11.3 Å². The number of rotatable bonds is 3. The van der Waals surface area contributed by atoms with Crippen LogP contribution in [0.3, 0.4) is 0 Å². The minimum Gasteiger partial charge on any atom is -0.449 e. The second kappa shape index (κ2) is 8.21. The summed E-state index contributed by atoms with van der Waals surface area (Å²) in [6.07, 6.45) is 0. The zero-order valence-corrected chi connectivity index (χ0v) is 19.5. The lowest BCUT2D eigenvalue weighted by Crippen LogP contribution is -2.40. The first kappa shape index (κ1) is 21.5. The molecular formula is C25H21Cl2N3O3. The molecule has 8 heteroatoms. The molecule has 2 N–H and O–H groups in total. The Kier molecular flexibility index (Phi) is 5.35. The summed E-state index contributed by atoms with van der Waals surface area (Å²) in [6.45, 7) is 4.03. The van der Waals surface area contributed by atoms with E-state index < -0.39 is 5.79 Å². The average Bonchev–Trinajstić information content (AvgIpc) is 3.34. The highest BCUT2D eigenvalue weighted by Crippen LogP contribution is 2.41. The first-order valence-corrected chi connectivity index (χ1v) is 11.2. The Bertz CT molecular complexity index is 1200. The van der Waals surface area contributed by atoms with Gasteiger partial charge in [0.2, 0.25) is 5.79 Å². The molecule has 0 saturated heterocycles. The minimum absolute atomic E-state index is 0.302. The third-order valence-electron chi connectivity index (χ3n) is 5.34. The van der Waals surface area contributed by atoms with Crippen LogP contribution < -0.4 is 20.2 Å². The molecule has 0 radical (unpaired) electrons. The summed E-state index contributed by atoms with van der Waals surface area (Å²) in [5.74, 6) is 0.509. The summed E-state index contributed by atoms with van der Waals surface area (Å²) in [6, 6.07) is 20.0. The van der Waals surface area contributed by atoms with Crippen LogP contribution in [0.4, 0.5) is 10.5 Å². The van der Waals surface area contributed by atoms with Gasteiger partial charge in [-0.25, -0.2) is 9.80 Å². The van der Waals surface area contributed by atoms with E-state index in [1.54, 1.807) is 18.2 Å². The van der Waals surface area contributed by atoms with Crippen LogP contribution in [-0.4, -0.2) is 23.4 Å². The number of carbonyl (C=O) groups is 1. The fraction of sp³-hybridized carbons (Fsp3) is 0.160. The molecule has 168 valence electrons. The predicted octanol–water partition coefficient (Wildman–Crippen LogP) is 6.42. The Morgan fingerprint density at radius 3 is 2.18 bits per heavy atom. The molecule has 2 aliphatic rings. The Balaban J connectivity index is 1.39. The van der Waals surface area contributed by atoms with E-state index in [2.05, 4.69) is 10.7 Å². The highest BCUT2D eigenvalue weighted by atomic mass is 35.5. The van der Waals surface area contributed by atoms with Crippen LogP contribution in [0.5, 0.6) is 11.5 Å². The normalized spacial score (nSPS) is 16.1. The highest BCUT2D eigenvalue weighted by Gasteiger charge is 2.32. The van der Waals surface area contributed by atoms with E-state index in [1.807, 2.05) is 62.4 Å². The maximum absolute atomic E-state index is 13.1. The minimum atomic E-state index is -0.730. The number of urea groups is 1. The van der Waals surface area contributed by atoms with E-state index in [-0.39, 0.29) is 6.03 Å². The SMILES string of the molecule is CC1(C)Oc2ccc(NC(=O)N3CC(c4ccc(Cl)cc4)=C(c4ccc(Cl)cc4)N3)cc2O1.